The number of hydrazine groups is 1. The van der Waals surface area contributed by atoms with Crippen LogP contribution in [0.1, 0.15) is 19.8 Å². The molecule has 0 amide bonds. The molecule has 2 rings (SSSR count). The highest BCUT2D eigenvalue weighted by Gasteiger charge is 2.33. The van der Waals surface area contributed by atoms with Crippen molar-refractivity contribution in [2.24, 2.45) is 17.6 Å². The fraction of sp³-hybridized carbons (Fsp3) is 1.00. The number of hydrogen-bond donors (Lipinski definition) is 4. The van der Waals surface area contributed by atoms with Crippen LogP contribution in [0.5, 0.6) is 0 Å². The maximum Gasteiger partial charge on any atom is 0.0282 e. The highest BCUT2D eigenvalue weighted by atomic mass is 15.4. The van der Waals surface area contributed by atoms with Gasteiger partial charge in [-0.25, -0.2) is 0 Å². The predicted molar refractivity (Wildman–Crippen MR) is 57.7 cm³/mol. The Morgan fingerprint density at radius 2 is 2.07 bits per heavy atom. The smallest absolute Gasteiger partial charge is 0.0282 e. The highest BCUT2D eigenvalue weighted by molar-refractivity contribution is 4.92. The summed E-state index contributed by atoms with van der Waals surface area (Å²) in [5.41, 5.74) is 12.8. The minimum absolute atomic E-state index is 0.309. The number of nitrogens with two attached hydrogens (primary N) is 1. The molecule has 0 radical (unpaired) electrons. The largest absolute Gasteiger partial charge is 0.326 e. The Morgan fingerprint density at radius 1 is 1.21 bits per heavy atom. The molecular weight excluding hydrogens is 176 g/mol. The fourth-order valence-corrected chi connectivity index (χ4v) is 2.69. The van der Waals surface area contributed by atoms with E-state index in [9.17, 15) is 0 Å². The Balaban J connectivity index is 1.96. The molecule has 4 atom stereocenters. The average molecular weight is 198 g/mol. The summed E-state index contributed by atoms with van der Waals surface area (Å²) >= 11 is 0. The lowest BCUT2D eigenvalue weighted by molar-refractivity contribution is 0.149. The maximum atomic E-state index is 6.14. The average Bonchev–Trinajstić information content (AvgIpc) is 2.20. The van der Waals surface area contributed by atoms with Crippen LogP contribution in [0.15, 0.2) is 0 Å². The standard InChI is InChI=1S/C10H22N4/c1-7-2-5-13-14-10(7)8-3-4-12-6-9(8)11/h7-10,12-14H,2-6,11H2,1H3. The van der Waals surface area contributed by atoms with Gasteiger partial charge in [0.05, 0.1) is 0 Å². The summed E-state index contributed by atoms with van der Waals surface area (Å²) < 4.78 is 0. The zero-order valence-corrected chi connectivity index (χ0v) is 8.92. The van der Waals surface area contributed by atoms with E-state index in [0.29, 0.717) is 18.0 Å². The molecule has 0 aromatic carbocycles. The van der Waals surface area contributed by atoms with Crippen LogP contribution in [-0.2, 0) is 0 Å². The molecule has 0 spiro atoms. The molecule has 14 heavy (non-hydrogen) atoms. The third-order valence-corrected chi connectivity index (χ3v) is 3.65. The van der Waals surface area contributed by atoms with Crippen LogP contribution < -0.4 is 21.9 Å². The first-order chi connectivity index (χ1) is 6.79. The Kier molecular flexibility index (Phi) is 3.38. The summed E-state index contributed by atoms with van der Waals surface area (Å²) in [6.45, 7) is 5.49. The van der Waals surface area contributed by atoms with Crippen molar-refractivity contribution in [3.8, 4) is 0 Å². The zero-order valence-electron chi connectivity index (χ0n) is 8.92. The SMILES string of the molecule is CC1CCNNC1C1CCNCC1N. The second-order valence-electron chi connectivity index (χ2n) is 4.68. The highest BCUT2D eigenvalue weighted by Crippen LogP contribution is 2.24. The van der Waals surface area contributed by atoms with Gasteiger partial charge in [-0.05, 0) is 31.2 Å². The van der Waals surface area contributed by atoms with Gasteiger partial charge >= 0.3 is 0 Å². The van der Waals surface area contributed by atoms with E-state index < -0.39 is 0 Å². The van der Waals surface area contributed by atoms with E-state index in [1.54, 1.807) is 0 Å². The monoisotopic (exact) mass is 198 g/mol. The van der Waals surface area contributed by atoms with Crippen molar-refractivity contribution < 1.29 is 0 Å². The van der Waals surface area contributed by atoms with Crippen LogP contribution >= 0.6 is 0 Å². The minimum Gasteiger partial charge on any atom is -0.326 e. The van der Waals surface area contributed by atoms with Gasteiger partial charge in [0.25, 0.3) is 0 Å². The predicted octanol–water partition coefficient (Wildman–Crippen LogP) is -0.574. The minimum atomic E-state index is 0.309. The van der Waals surface area contributed by atoms with Crippen LogP contribution in [0.3, 0.4) is 0 Å². The quantitative estimate of drug-likeness (QED) is 0.455. The van der Waals surface area contributed by atoms with Crippen LogP contribution in [-0.4, -0.2) is 31.7 Å². The number of hydrogen-bond acceptors (Lipinski definition) is 4. The van der Waals surface area contributed by atoms with Crippen LogP contribution in [0.4, 0.5) is 0 Å². The number of rotatable bonds is 1. The molecule has 2 saturated heterocycles. The van der Waals surface area contributed by atoms with E-state index in [1.807, 2.05) is 0 Å². The molecule has 0 aromatic rings. The van der Waals surface area contributed by atoms with Gasteiger partial charge in [0.1, 0.15) is 0 Å². The molecule has 82 valence electrons. The van der Waals surface area contributed by atoms with Crippen molar-refractivity contribution in [3.05, 3.63) is 0 Å². The molecular formula is C10H22N4. The second-order valence-corrected chi connectivity index (χ2v) is 4.68. The first-order valence-corrected chi connectivity index (χ1v) is 5.73. The Hall–Kier alpha value is -0.160. The van der Waals surface area contributed by atoms with Crippen molar-refractivity contribution in [1.82, 2.24) is 16.2 Å². The molecule has 5 N–H and O–H groups in total. The van der Waals surface area contributed by atoms with Gasteiger partial charge in [0.2, 0.25) is 0 Å². The van der Waals surface area contributed by atoms with E-state index in [0.717, 1.165) is 25.6 Å². The van der Waals surface area contributed by atoms with Gasteiger partial charge in [-0.1, -0.05) is 6.92 Å². The summed E-state index contributed by atoms with van der Waals surface area (Å²) in [5, 5.41) is 3.35. The molecule has 4 heteroatoms. The normalized spacial score (nSPS) is 45.0. The summed E-state index contributed by atoms with van der Waals surface area (Å²) in [7, 11) is 0. The van der Waals surface area contributed by atoms with E-state index in [-0.39, 0.29) is 0 Å². The van der Waals surface area contributed by atoms with E-state index in [2.05, 4.69) is 23.1 Å². The Bertz CT molecular complexity index is 165. The fourth-order valence-electron chi connectivity index (χ4n) is 2.69. The molecule has 4 nitrogen and oxygen atoms in total. The first kappa shape index (κ1) is 10.4. The topological polar surface area (TPSA) is 62.1 Å². The van der Waals surface area contributed by atoms with E-state index >= 15 is 0 Å². The lowest BCUT2D eigenvalue weighted by Gasteiger charge is -2.41. The van der Waals surface area contributed by atoms with Gasteiger partial charge in [0.15, 0.2) is 0 Å². The zero-order chi connectivity index (χ0) is 9.97. The van der Waals surface area contributed by atoms with E-state index in [1.165, 1.54) is 12.8 Å². The molecule has 2 aliphatic rings. The van der Waals surface area contributed by atoms with Gasteiger partial charge in [0, 0.05) is 25.2 Å². The van der Waals surface area contributed by atoms with Crippen LogP contribution in [0, 0.1) is 11.8 Å². The van der Waals surface area contributed by atoms with Gasteiger partial charge in [-0.3, -0.25) is 10.9 Å². The van der Waals surface area contributed by atoms with E-state index in [4.69, 9.17) is 5.73 Å². The van der Waals surface area contributed by atoms with Crippen molar-refractivity contribution in [1.29, 1.82) is 0 Å². The Morgan fingerprint density at radius 3 is 2.79 bits per heavy atom. The summed E-state index contributed by atoms with van der Waals surface area (Å²) in [5.74, 6) is 1.37. The summed E-state index contributed by atoms with van der Waals surface area (Å²) in [6.07, 6.45) is 2.46. The van der Waals surface area contributed by atoms with Crippen molar-refractivity contribution in [2.45, 2.75) is 31.8 Å². The molecule has 2 fully saturated rings. The molecule has 0 aliphatic carbocycles. The third-order valence-electron chi connectivity index (χ3n) is 3.65. The summed E-state index contributed by atoms with van der Waals surface area (Å²) in [4.78, 5) is 0. The number of piperidine rings is 1. The van der Waals surface area contributed by atoms with Gasteiger partial charge < -0.3 is 11.1 Å². The van der Waals surface area contributed by atoms with Crippen molar-refractivity contribution >= 4 is 0 Å². The summed E-state index contributed by atoms with van der Waals surface area (Å²) in [6, 6.07) is 0.865. The van der Waals surface area contributed by atoms with Crippen LogP contribution in [0.2, 0.25) is 0 Å². The molecule has 0 bridgehead atoms. The first-order valence-electron chi connectivity index (χ1n) is 5.73. The molecule has 0 saturated carbocycles. The lowest BCUT2D eigenvalue weighted by atomic mass is 9.79. The van der Waals surface area contributed by atoms with Crippen molar-refractivity contribution in [3.63, 3.8) is 0 Å². The van der Waals surface area contributed by atoms with Gasteiger partial charge in [-0.15, -0.1) is 0 Å². The maximum absolute atomic E-state index is 6.14. The number of nitrogens with one attached hydrogen (secondary N) is 3. The third kappa shape index (κ3) is 2.08. The molecule has 0 aromatic heterocycles. The van der Waals surface area contributed by atoms with Crippen molar-refractivity contribution in [2.75, 3.05) is 19.6 Å². The molecule has 2 aliphatic heterocycles. The van der Waals surface area contributed by atoms with Gasteiger partial charge in [-0.2, -0.15) is 0 Å². The Labute approximate surface area is 86.0 Å². The molecule has 4 unspecified atom stereocenters. The second kappa shape index (κ2) is 4.57. The lowest BCUT2D eigenvalue weighted by Crippen LogP contribution is -2.60. The molecule has 2 heterocycles. The van der Waals surface area contributed by atoms with Crippen LogP contribution in [0.25, 0.3) is 0 Å².